The lowest BCUT2D eigenvalue weighted by molar-refractivity contribution is 0.485. The first-order chi connectivity index (χ1) is 8.06. The van der Waals surface area contributed by atoms with Crippen LogP contribution in [0.5, 0.6) is 0 Å². The van der Waals surface area contributed by atoms with Gasteiger partial charge in [-0.3, -0.25) is 0 Å². The van der Waals surface area contributed by atoms with Gasteiger partial charge in [0, 0.05) is 22.5 Å². The summed E-state index contributed by atoms with van der Waals surface area (Å²) in [5.74, 6) is 0. The zero-order chi connectivity index (χ0) is 12.4. The molecule has 2 unspecified atom stereocenters. The molecule has 0 spiro atoms. The summed E-state index contributed by atoms with van der Waals surface area (Å²) < 4.78 is 0. The Morgan fingerprint density at radius 1 is 1.06 bits per heavy atom. The van der Waals surface area contributed by atoms with Gasteiger partial charge in [0.05, 0.1) is 16.7 Å². The summed E-state index contributed by atoms with van der Waals surface area (Å²) in [6.45, 7) is 8.36. The van der Waals surface area contributed by atoms with E-state index in [4.69, 9.17) is 0 Å². The highest BCUT2D eigenvalue weighted by atomic mass is 32.1. The first kappa shape index (κ1) is 12.7. The van der Waals surface area contributed by atoms with E-state index in [9.17, 15) is 0 Å². The van der Waals surface area contributed by atoms with Crippen molar-refractivity contribution >= 4 is 22.7 Å². The van der Waals surface area contributed by atoms with E-state index in [1.807, 2.05) is 13.8 Å². The smallest absolute Gasteiger partial charge is 0.110 e. The Labute approximate surface area is 110 Å². The van der Waals surface area contributed by atoms with Gasteiger partial charge in [0.1, 0.15) is 5.01 Å². The quantitative estimate of drug-likeness (QED) is 0.919. The summed E-state index contributed by atoms with van der Waals surface area (Å²) in [6, 6.07) is 0.532. The average Bonchev–Trinajstić information content (AvgIpc) is 2.87. The molecular formula is C12H17N3S2. The van der Waals surface area contributed by atoms with E-state index >= 15 is 0 Å². The fraction of sp³-hybridized carbons (Fsp3) is 0.500. The van der Waals surface area contributed by atoms with Gasteiger partial charge in [-0.1, -0.05) is 0 Å². The lowest BCUT2D eigenvalue weighted by Gasteiger charge is -2.16. The van der Waals surface area contributed by atoms with Crippen LogP contribution in [0.15, 0.2) is 10.8 Å². The molecule has 0 saturated carbocycles. The van der Waals surface area contributed by atoms with Gasteiger partial charge in [-0.25, -0.2) is 9.97 Å². The topological polar surface area (TPSA) is 37.8 Å². The molecule has 2 atom stereocenters. The molecule has 0 aliphatic heterocycles. The van der Waals surface area contributed by atoms with E-state index in [2.05, 4.69) is 39.9 Å². The highest BCUT2D eigenvalue weighted by Gasteiger charge is 2.15. The van der Waals surface area contributed by atoms with Gasteiger partial charge in [-0.05, 0) is 27.7 Å². The summed E-state index contributed by atoms with van der Waals surface area (Å²) in [6.07, 6.45) is 0. The number of hydrogen-bond donors (Lipinski definition) is 1. The molecule has 92 valence electrons. The Balaban J connectivity index is 2.01. The van der Waals surface area contributed by atoms with Crippen LogP contribution >= 0.6 is 22.7 Å². The molecule has 0 bridgehead atoms. The molecule has 0 saturated heterocycles. The molecule has 1 N–H and O–H groups in total. The van der Waals surface area contributed by atoms with Crippen LogP contribution in [0.3, 0.4) is 0 Å². The third-order valence-corrected chi connectivity index (χ3v) is 4.52. The Morgan fingerprint density at radius 3 is 2.35 bits per heavy atom. The number of aryl methyl sites for hydroxylation is 2. The highest BCUT2D eigenvalue weighted by molar-refractivity contribution is 7.10. The SMILES string of the molecule is Cc1csc(C(C)NC(C)c2csc(C)n2)n1. The van der Waals surface area contributed by atoms with Crippen LogP contribution in [0, 0.1) is 13.8 Å². The van der Waals surface area contributed by atoms with Crippen molar-refractivity contribution < 1.29 is 0 Å². The van der Waals surface area contributed by atoms with E-state index in [0.29, 0.717) is 0 Å². The van der Waals surface area contributed by atoms with Crippen LogP contribution in [-0.4, -0.2) is 9.97 Å². The molecule has 0 aliphatic rings. The van der Waals surface area contributed by atoms with Crippen LogP contribution in [-0.2, 0) is 0 Å². The van der Waals surface area contributed by atoms with E-state index in [1.165, 1.54) is 0 Å². The highest BCUT2D eigenvalue weighted by Crippen LogP contribution is 2.22. The summed E-state index contributed by atoms with van der Waals surface area (Å²) in [4.78, 5) is 9.00. The van der Waals surface area contributed by atoms with Crippen LogP contribution in [0.25, 0.3) is 0 Å². The van der Waals surface area contributed by atoms with Gasteiger partial charge in [0.2, 0.25) is 0 Å². The number of nitrogens with zero attached hydrogens (tertiary/aromatic N) is 2. The second-order valence-corrected chi connectivity index (χ2v) is 6.18. The lowest BCUT2D eigenvalue weighted by Crippen LogP contribution is -2.22. The van der Waals surface area contributed by atoms with Gasteiger partial charge in [0.15, 0.2) is 0 Å². The largest absolute Gasteiger partial charge is 0.300 e. The normalized spacial score (nSPS) is 14.8. The molecule has 0 aromatic carbocycles. The predicted octanol–water partition coefficient (Wildman–Crippen LogP) is 3.63. The second kappa shape index (κ2) is 5.25. The molecule has 0 fully saturated rings. The number of aromatic nitrogens is 2. The van der Waals surface area contributed by atoms with Crippen molar-refractivity contribution in [1.82, 2.24) is 15.3 Å². The minimum absolute atomic E-state index is 0.263. The van der Waals surface area contributed by atoms with Gasteiger partial charge < -0.3 is 5.32 Å². The van der Waals surface area contributed by atoms with E-state index in [-0.39, 0.29) is 12.1 Å². The minimum atomic E-state index is 0.263. The number of rotatable bonds is 4. The second-order valence-electron chi connectivity index (χ2n) is 4.23. The Hall–Kier alpha value is -0.780. The third kappa shape index (κ3) is 3.12. The van der Waals surface area contributed by atoms with Crippen molar-refractivity contribution in [2.45, 2.75) is 39.8 Å². The number of thiazole rings is 2. The molecule has 2 aromatic rings. The zero-order valence-corrected chi connectivity index (χ0v) is 12.2. The van der Waals surface area contributed by atoms with Crippen LogP contribution < -0.4 is 5.32 Å². The molecule has 17 heavy (non-hydrogen) atoms. The Morgan fingerprint density at radius 2 is 1.82 bits per heavy atom. The van der Waals surface area contributed by atoms with Crippen LogP contribution in [0.2, 0.25) is 0 Å². The van der Waals surface area contributed by atoms with Crippen molar-refractivity contribution in [1.29, 1.82) is 0 Å². The maximum Gasteiger partial charge on any atom is 0.110 e. The fourth-order valence-electron chi connectivity index (χ4n) is 1.68. The third-order valence-electron chi connectivity index (χ3n) is 2.59. The molecule has 0 aliphatic carbocycles. The lowest BCUT2D eigenvalue weighted by atomic mass is 10.2. The van der Waals surface area contributed by atoms with Gasteiger partial charge in [-0.15, -0.1) is 22.7 Å². The predicted molar refractivity (Wildman–Crippen MR) is 73.7 cm³/mol. The minimum Gasteiger partial charge on any atom is -0.300 e. The summed E-state index contributed by atoms with van der Waals surface area (Å²) in [5, 5.41) is 9.99. The van der Waals surface area contributed by atoms with E-state index in [1.54, 1.807) is 22.7 Å². The molecule has 2 aromatic heterocycles. The van der Waals surface area contributed by atoms with Crippen LogP contribution in [0.1, 0.15) is 47.3 Å². The molecular weight excluding hydrogens is 250 g/mol. The number of hydrogen-bond acceptors (Lipinski definition) is 5. The van der Waals surface area contributed by atoms with Crippen molar-refractivity contribution in [3.63, 3.8) is 0 Å². The van der Waals surface area contributed by atoms with Gasteiger partial charge >= 0.3 is 0 Å². The molecule has 3 nitrogen and oxygen atoms in total. The first-order valence-electron chi connectivity index (χ1n) is 5.66. The summed E-state index contributed by atoms with van der Waals surface area (Å²) in [5.41, 5.74) is 2.21. The monoisotopic (exact) mass is 267 g/mol. The molecule has 5 heteroatoms. The summed E-state index contributed by atoms with van der Waals surface area (Å²) >= 11 is 3.40. The Bertz CT molecular complexity index is 445. The van der Waals surface area contributed by atoms with Crippen molar-refractivity contribution in [3.05, 3.63) is 32.2 Å². The summed E-state index contributed by atoms with van der Waals surface area (Å²) in [7, 11) is 0. The molecule has 0 amide bonds. The standard InChI is InChI=1S/C12H17N3S2/c1-7-5-17-12(13-7)9(3)14-8(2)11-6-16-10(4)15-11/h5-6,8-9,14H,1-4H3. The van der Waals surface area contributed by atoms with E-state index < -0.39 is 0 Å². The zero-order valence-electron chi connectivity index (χ0n) is 10.5. The average molecular weight is 267 g/mol. The van der Waals surface area contributed by atoms with Gasteiger partial charge in [0.25, 0.3) is 0 Å². The van der Waals surface area contributed by atoms with Crippen molar-refractivity contribution in [2.24, 2.45) is 0 Å². The number of nitrogens with one attached hydrogen (secondary N) is 1. The van der Waals surface area contributed by atoms with Crippen molar-refractivity contribution in [2.75, 3.05) is 0 Å². The van der Waals surface area contributed by atoms with Crippen LogP contribution in [0.4, 0.5) is 0 Å². The Kier molecular flexibility index (Phi) is 3.91. The molecule has 2 heterocycles. The maximum absolute atomic E-state index is 4.50. The van der Waals surface area contributed by atoms with Gasteiger partial charge in [-0.2, -0.15) is 0 Å². The van der Waals surface area contributed by atoms with Crippen molar-refractivity contribution in [3.8, 4) is 0 Å². The maximum atomic E-state index is 4.50. The first-order valence-corrected chi connectivity index (χ1v) is 7.42. The molecule has 0 radical (unpaired) electrons. The fourth-order valence-corrected chi connectivity index (χ4v) is 3.20. The van der Waals surface area contributed by atoms with E-state index in [0.717, 1.165) is 21.4 Å². The molecule has 2 rings (SSSR count).